The van der Waals surface area contributed by atoms with E-state index in [-0.39, 0.29) is 12.1 Å². The van der Waals surface area contributed by atoms with Crippen molar-refractivity contribution in [1.82, 2.24) is 0 Å². The number of carbonyl (C=O) groups is 1. The molecule has 3 aliphatic rings. The van der Waals surface area contributed by atoms with Crippen LogP contribution in [0.5, 0.6) is 0 Å². The molecule has 2 heteroatoms. The van der Waals surface area contributed by atoms with Gasteiger partial charge in [0.2, 0.25) is 0 Å². The van der Waals surface area contributed by atoms with Gasteiger partial charge in [0.15, 0.2) is 0 Å². The summed E-state index contributed by atoms with van der Waals surface area (Å²) in [4.78, 5) is 12.3. The van der Waals surface area contributed by atoms with E-state index in [0.29, 0.717) is 17.4 Å². The highest BCUT2D eigenvalue weighted by Gasteiger charge is 2.53. The van der Waals surface area contributed by atoms with Gasteiger partial charge in [0, 0.05) is 0 Å². The summed E-state index contributed by atoms with van der Waals surface area (Å²) in [6.45, 7) is 3.91. The third-order valence-electron chi connectivity index (χ3n) is 5.57. The summed E-state index contributed by atoms with van der Waals surface area (Å²) < 4.78 is 5.80. The van der Waals surface area contributed by atoms with Gasteiger partial charge in [0.1, 0.15) is 6.10 Å². The van der Waals surface area contributed by atoms with E-state index in [1.54, 1.807) is 0 Å². The summed E-state index contributed by atoms with van der Waals surface area (Å²) in [5.74, 6) is 2.50. The molecule has 0 spiro atoms. The maximum absolute atomic E-state index is 12.3. The number of hydrogen-bond acceptors (Lipinski definition) is 2. The minimum atomic E-state index is -0.249. The summed E-state index contributed by atoms with van der Waals surface area (Å²) in [6, 6.07) is 9.58. The molecule has 2 bridgehead atoms. The second-order valence-corrected chi connectivity index (χ2v) is 6.59. The first-order valence-electron chi connectivity index (χ1n) is 7.86. The molecule has 0 saturated heterocycles. The Morgan fingerprint density at radius 2 is 1.95 bits per heavy atom. The van der Waals surface area contributed by atoms with Crippen molar-refractivity contribution >= 4 is 11.5 Å². The average molecular weight is 280 g/mol. The average Bonchev–Trinajstić information content (AvgIpc) is 3.19. The molecule has 0 aromatic heterocycles. The van der Waals surface area contributed by atoms with Gasteiger partial charge in [-0.25, -0.2) is 4.79 Å². The van der Waals surface area contributed by atoms with E-state index in [1.807, 2.05) is 30.3 Å². The van der Waals surface area contributed by atoms with Gasteiger partial charge in [-0.1, -0.05) is 49.1 Å². The quantitative estimate of drug-likeness (QED) is 0.477. The van der Waals surface area contributed by atoms with Crippen LogP contribution in [-0.2, 0) is 9.53 Å². The zero-order valence-electron chi connectivity index (χ0n) is 12.1. The highest BCUT2D eigenvalue weighted by atomic mass is 16.5. The lowest BCUT2D eigenvalue weighted by atomic mass is 9.80. The summed E-state index contributed by atoms with van der Waals surface area (Å²) in [5.41, 5.74) is 1.32. The second kappa shape index (κ2) is 4.87. The minimum Gasteiger partial charge on any atom is -0.458 e. The van der Waals surface area contributed by atoms with Crippen molar-refractivity contribution in [2.24, 2.45) is 23.7 Å². The lowest BCUT2D eigenvalue weighted by Gasteiger charge is -2.31. The van der Waals surface area contributed by atoms with Gasteiger partial charge in [0.05, 0.1) is 5.57 Å². The van der Waals surface area contributed by atoms with Gasteiger partial charge in [-0.2, -0.15) is 0 Å². The van der Waals surface area contributed by atoms with Crippen molar-refractivity contribution in [3.8, 4) is 0 Å². The molecule has 1 aromatic carbocycles. The third kappa shape index (κ3) is 2.05. The molecule has 0 N–H and O–H groups in total. The topological polar surface area (TPSA) is 26.3 Å². The first kappa shape index (κ1) is 12.9. The molecule has 21 heavy (non-hydrogen) atoms. The molecule has 5 unspecified atom stereocenters. The zero-order chi connectivity index (χ0) is 14.4. The Kier molecular flexibility index (Phi) is 2.99. The molecule has 0 radical (unpaired) electrons. The van der Waals surface area contributed by atoms with E-state index < -0.39 is 0 Å². The Hall–Kier alpha value is -1.83. The highest BCUT2D eigenvalue weighted by molar-refractivity contribution is 6.15. The predicted octanol–water partition coefficient (Wildman–Crippen LogP) is 3.84. The fourth-order valence-corrected chi connectivity index (χ4v) is 4.60. The molecule has 0 heterocycles. The summed E-state index contributed by atoms with van der Waals surface area (Å²) in [5, 5.41) is 0. The molecular formula is C19H20O2. The van der Waals surface area contributed by atoms with Crippen LogP contribution in [0, 0.1) is 23.7 Å². The SMILES string of the molecule is C=C(C(=O)OC1CC2CC1C1CC=CC21)c1ccccc1. The number of rotatable bonds is 3. The van der Waals surface area contributed by atoms with Gasteiger partial charge in [-0.05, 0) is 48.5 Å². The smallest absolute Gasteiger partial charge is 0.338 e. The highest BCUT2D eigenvalue weighted by Crippen LogP contribution is 2.57. The van der Waals surface area contributed by atoms with E-state index in [9.17, 15) is 4.79 Å². The Morgan fingerprint density at radius 1 is 1.14 bits per heavy atom. The summed E-state index contributed by atoms with van der Waals surface area (Å²) >= 11 is 0. The Balaban J connectivity index is 1.43. The number of allylic oxidation sites excluding steroid dienone is 2. The van der Waals surface area contributed by atoms with Gasteiger partial charge in [-0.3, -0.25) is 0 Å². The van der Waals surface area contributed by atoms with Gasteiger partial charge < -0.3 is 4.74 Å². The molecule has 1 aromatic rings. The van der Waals surface area contributed by atoms with Gasteiger partial charge >= 0.3 is 5.97 Å². The maximum atomic E-state index is 12.3. The van der Waals surface area contributed by atoms with Crippen molar-refractivity contribution in [2.75, 3.05) is 0 Å². The molecule has 5 atom stereocenters. The first-order chi connectivity index (χ1) is 10.2. The normalized spacial score (nSPS) is 35.7. The molecule has 3 aliphatic carbocycles. The molecule has 4 rings (SSSR count). The van der Waals surface area contributed by atoms with Crippen LogP contribution in [0.3, 0.4) is 0 Å². The maximum Gasteiger partial charge on any atom is 0.338 e. The van der Waals surface area contributed by atoms with Crippen LogP contribution in [0.2, 0.25) is 0 Å². The molecule has 2 fully saturated rings. The standard InChI is InChI=1S/C19H20O2/c1-12(13-6-3-2-4-7-13)19(20)21-18-11-14-10-17(18)16-9-5-8-15(14)16/h2-8,14-18H,1,9-11H2. The number of carbonyl (C=O) groups excluding carboxylic acids is 1. The number of esters is 1. The molecule has 2 nitrogen and oxygen atoms in total. The van der Waals surface area contributed by atoms with Crippen LogP contribution in [-0.4, -0.2) is 12.1 Å². The fourth-order valence-electron chi connectivity index (χ4n) is 4.60. The minimum absolute atomic E-state index is 0.101. The fraction of sp³-hybridized carbons (Fsp3) is 0.421. The van der Waals surface area contributed by atoms with Crippen LogP contribution < -0.4 is 0 Å². The van der Waals surface area contributed by atoms with Crippen molar-refractivity contribution < 1.29 is 9.53 Å². The van der Waals surface area contributed by atoms with Crippen molar-refractivity contribution in [2.45, 2.75) is 25.4 Å². The van der Waals surface area contributed by atoms with E-state index in [2.05, 4.69) is 18.7 Å². The van der Waals surface area contributed by atoms with Crippen molar-refractivity contribution in [3.05, 3.63) is 54.6 Å². The molecule has 108 valence electrons. The monoisotopic (exact) mass is 280 g/mol. The first-order valence-corrected chi connectivity index (χ1v) is 7.86. The predicted molar refractivity (Wildman–Crippen MR) is 82.3 cm³/mol. The lowest BCUT2D eigenvalue weighted by molar-refractivity contribution is -0.145. The number of hydrogen-bond donors (Lipinski definition) is 0. The van der Waals surface area contributed by atoms with E-state index in [4.69, 9.17) is 4.74 Å². The number of fused-ring (bicyclic) bond motifs is 5. The second-order valence-electron chi connectivity index (χ2n) is 6.59. The van der Waals surface area contributed by atoms with Gasteiger partial charge in [-0.15, -0.1) is 0 Å². The van der Waals surface area contributed by atoms with E-state index in [1.165, 1.54) is 12.8 Å². The van der Waals surface area contributed by atoms with Crippen LogP contribution in [0.4, 0.5) is 0 Å². The number of ether oxygens (including phenoxy) is 1. The van der Waals surface area contributed by atoms with Crippen LogP contribution in [0.25, 0.3) is 5.57 Å². The van der Waals surface area contributed by atoms with E-state index >= 15 is 0 Å². The molecule has 0 amide bonds. The molecule has 2 saturated carbocycles. The molecular weight excluding hydrogens is 260 g/mol. The third-order valence-corrected chi connectivity index (χ3v) is 5.57. The zero-order valence-corrected chi connectivity index (χ0v) is 12.1. The van der Waals surface area contributed by atoms with Crippen LogP contribution in [0.15, 0.2) is 49.1 Å². The van der Waals surface area contributed by atoms with Gasteiger partial charge in [0.25, 0.3) is 0 Å². The van der Waals surface area contributed by atoms with Crippen molar-refractivity contribution in [1.29, 1.82) is 0 Å². The summed E-state index contributed by atoms with van der Waals surface area (Å²) in [6.07, 6.45) is 8.22. The number of benzene rings is 1. The van der Waals surface area contributed by atoms with Crippen molar-refractivity contribution in [3.63, 3.8) is 0 Å². The van der Waals surface area contributed by atoms with E-state index in [0.717, 1.165) is 23.8 Å². The lowest BCUT2D eigenvalue weighted by Crippen LogP contribution is -2.32. The molecule has 0 aliphatic heterocycles. The Labute approximate surface area is 125 Å². The Bertz CT molecular complexity index is 601. The Morgan fingerprint density at radius 3 is 2.76 bits per heavy atom. The van der Waals surface area contributed by atoms with Crippen LogP contribution in [0.1, 0.15) is 24.8 Å². The largest absolute Gasteiger partial charge is 0.458 e. The van der Waals surface area contributed by atoms with Crippen LogP contribution >= 0.6 is 0 Å². The summed E-state index contributed by atoms with van der Waals surface area (Å²) in [7, 11) is 0.